The van der Waals surface area contributed by atoms with Crippen LogP contribution in [0, 0.1) is 6.92 Å². The summed E-state index contributed by atoms with van der Waals surface area (Å²) in [6.45, 7) is 9.50. The molecule has 1 N–H and O–H groups in total. The van der Waals surface area contributed by atoms with E-state index in [2.05, 4.69) is 33.9 Å². The van der Waals surface area contributed by atoms with Crippen molar-refractivity contribution in [3.8, 4) is 0 Å². The summed E-state index contributed by atoms with van der Waals surface area (Å²) in [5.41, 5.74) is 0.178. The van der Waals surface area contributed by atoms with Crippen molar-refractivity contribution in [2.24, 2.45) is 0 Å². The first kappa shape index (κ1) is 9.65. The summed E-state index contributed by atoms with van der Waals surface area (Å²) in [7, 11) is 0. The molecule has 0 radical (unpaired) electrons. The lowest BCUT2D eigenvalue weighted by Gasteiger charge is -2.22. The molecule has 1 aromatic rings. The summed E-state index contributed by atoms with van der Waals surface area (Å²) >= 11 is 0. The summed E-state index contributed by atoms with van der Waals surface area (Å²) in [5, 5.41) is 11.9. The number of nitrogens with zero attached hydrogens (tertiary/aromatic N) is 3. The smallest absolute Gasteiger partial charge is 0.140 e. The molecule has 1 aliphatic rings. The molecule has 0 spiro atoms. The van der Waals surface area contributed by atoms with E-state index >= 15 is 0 Å². The van der Waals surface area contributed by atoms with E-state index in [-0.39, 0.29) is 5.41 Å². The van der Waals surface area contributed by atoms with Gasteiger partial charge in [-0.25, -0.2) is 0 Å². The van der Waals surface area contributed by atoms with E-state index in [1.165, 1.54) is 0 Å². The van der Waals surface area contributed by atoms with E-state index in [1.807, 2.05) is 6.92 Å². The largest absolute Gasteiger partial charge is 0.316 e. The third-order valence-corrected chi connectivity index (χ3v) is 3.16. The molecule has 1 unspecified atom stereocenters. The third kappa shape index (κ3) is 1.34. The molecule has 0 aromatic carbocycles. The molecule has 0 aliphatic carbocycles. The van der Waals surface area contributed by atoms with Gasteiger partial charge in [-0.05, 0) is 26.8 Å². The Bertz CT molecular complexity index is 323. The van der Waals surface area contributed by atoms with Crippen LogP contribution in [0.15, 0.2) is 0 Å². The minimum Gasteiger partial charge on any atom is -0.316 e. The highest BCUT2D eigenvalue weighted by Gasteiger charge is 2.35. The van der Waals surface area contributed by atoms with Crippen molar-refractivity contribution in [2.45, 2.75) is 39.2 Å². The van der Waals surface area contributed by atoms with Gasteiger partial charge >= 0.3 is 0 Å². The van der Waals surface area contributed by atoms with Gasteiger partial charge in [-0.3, -0.25) is 0 Å². The Morgan fingerprint density at radius 1 is 1.50 bits per heavy atom. The minimum atomic E-state index is 0.178. The molecule has 1 atom stereocenters. The molecule has 1 saturated heterocycles. The number of aryl methyl sites for hydroxylation is 1. The first-order valence-electron chi connectivity index (χ1n) is 5.28. The molecular weight excluding hydrogens is 176 g/mol. The van der Waals surface area contributed by atoms with Gasteiger partial charge in [0.25, 0.3) is 0 Å². The topological polar surface area (TPSA) is 42.7 Å². The molecule has 14 heavy (non-hydrogen) atoms. The van der Waals surface area contributed by atoms with Crippen LogP contribution >= 0.6 is 0 Å². The normalized spacial score (nSPS) is 27.1. The van der Waals surface area contributed by atoms with E-state index in [9.17, 15) is 0 Å². The van der Waals surface area contributed by atoms with E-state index < -0.39 is 0 Å². The predicted molar refractivity (Wildman–Crippen MR) is 55.3 cm³/mol. The summed E-state index contributed by atoms with van der Waals surface area (Å²) in [6, 6.07) is 0. The van der Waals surface area contributed by atoms with Gasteiger partial charge in [-0.15, -0.1) is 10.2 Å². The fourth-order valence-corrected chi connectivity index (χ4v) is 2.21. The van der Waals surface area contributed by atoms with Gasteiger partial charge in [0, 0.05) is 18.5 Å². The number of rotatable bonds is 2. The summed E-state index contributed by atoms with van der Waals surface area (Å²) in [5.74, 6) is 2.16. The highest BCUT2D eigenvalue weighted by atomic mass is 15.3. The molecule has 1 aliphatic heterocycles. The molecule has 0 saturated carbocycles. The first-order valence-corrected chi connectivity index (χ1v) is 5.28. The Hall–Kier alpha value is -0.900. The molecule has 2 rings (SSSR count). The van der Waals surface area contributed by atoms with E-state index in [4.69, 9.17) is 0 Å². The number of aromatic nitrogens is 3. The van der Waals surface area contributed by atoms with Crippen LogP contribution < -0.4 is 5.32 Å². The van der Waals surface area contributed by atoms with Crippen LogP contribution in [-0.2, 0) is 12.0 Å². The minimum absolute atomic E-state index is 0.178. The lowest BCUT2D eigenvalue weighted by molar-refractivity contribution is 0.457. The molecule has 0 bridgehead atoms. The number of hydrogen-bond acceptors (Lipinski definition) is 3. The van der Waals surface area contributed by atoms with Crippen molar-refractivity contribution in [1.29, 1.82) is 0 Å². The van der Waals surface area contributed by atoms with Crippen LogP contribution in [0.2, 0.25) is 0 Å². The molecule has 0 amide bonds. The van der Waals surface area contributed by atoms with Crippen molar-refractivity contribution in [3.63, 3.8) is 0 Å². The van der Waals surface area contributed by atoms with Gasteiger partial charge in [-0.2, -0.15) is 0 Å². The highest BCUT2D eigenvalue weighted by molar-refractivity contribution is 5.12. The molecule has 4 nitrogen and oxygen atoms in total. The SMILES string of the molecule is CCn1c(C)nnc1C1(C)CCNC1. The van der Waals surface area contributed by atoms with Crippen LogP contribution in [0.4, 0.5) is 0 Å². The Morgan fingerprint density at radius 3 is 2.86 bits per heavy atom. The monoisotopic (exact) mass is 194 g/mol. The summed E-state index contributed by atoms with van der Waals surface area (Å²) < 4.78 is 2.22. The Balaban J connectivity index is 2.39. The van der Waals surface area contributed by atoms with Gasteiger partial charge in [0.15, 0.2) is 0 Å². The van der Waals surface area contributed by atoms with Crippen LogP contribution in [-0.4, -0.2) is 27.9 Å². The van der Waals surface area contributed by atoms with Crippen LogP contribution in [0.25, 0.3) is 0 Å². The van der Waals surface area contributed by atoms with E-state index in [1.54, 1.807) is 0 Å². The Labute approximate surface area is 84.7 Å². The summed E-state index contributed by atoms with van der Waals surface area (Å²) in [4.78, 5) is 0. The number of nitrogens with one attached hydrogen (secondary N) is 1. The Kier molecular flexibility index (Phi) is 2.31. The molecule has 1 aromatic heterocycles. The van der Waals surface area contributed by atoms with Gasteiger partial charge in [-0.1, -0.05) is 6.92 Å². The highest BCUT2D eigenvalue weighted by Crippen LogP contribution is 2.28. The maximum absolute atomic E-state index is 4.31. The van der Waals surface area contributed by atoms with Crippen molar-refractivity contribution in [3.05, 3.63) is 11.6 Å². The van der Waals surface area contributed by atoms with Crippen molar-refractivity contribution < 1.29 is 0 Å². The van der Waals surface area contributed by atoms with E-state index in [0.29, 0.717) is 0 Å². The maximum Gasteiger partial charge on any atom is 0.140 e. The van der Waals surface area contributed by atoms with Crippen molar-refractivity contribution in [2.75, 3.05) is 13.1 Å². The fourth-order valence-electron chi connectivity index (χ4n) is 2.21. The quantitative estimate of drug-likeness (QED) is 0.759. The van der Waals surface area contributed by atoms with Crippen LogP contribution in [0.5, 0.6) is 0 Å². The Morgan fingerprint density at radius 2 is 2.29 bits per heavy atom. The second-order valence-corrected chi connectivity index (χ2v) is 4.30. The average Bonchev–Trinajstić information content (AvgIpc) is 2.73. The maximum atomic E-state index is 4.31. The standard InChI is InChI=1S/C10H18N4/c1-4-14-8(2)12-13-9(14)10(3)5-6-11-7-10/h11H,4-7H2,1-3H3. The van der Waals surface area contributed by atoms with Crippen LogP contribution in [0.3, 0.4) is 0 Å². The molecular formula is C10H18N4. The zero-order valence-electron chi connectivity index (χ0n) is 9.17. The molecule has 1 fully saturated rings. The third-order valence-electron chi connectivity index (χ3n) is 3.16. The second-order valence-electron chi connectivity index (χ2n) is 4.30. The van der Waals surface area contributed by atoms with Gasteiger partial charge in [0.05, 0.1) is 0 Å². The zero-order chi connectivity index (χ0) is 10.2. The van der Waals surface area contributed by atoms with Gasteiger partial charge < -0.3 is 9.88 Å². The van der Waals surface area contributed by atoms with Gasteiger partial charge in [0.1, 0.15) is 11.6 Å². The average molecular weight is 194 g/mol. The van der Waals surface area contributed by atoms with E-state index in [0.717, 1.165) is 37.7 Å². The lowest BCUT2D eigenvalue weighted by atomic mass is 9.89. The van der Waals surface area contributed by atoms with Crippen LogP contribution in [0.1, 0.15) is 31.9 Å². The van der Waals surface area contributed by atoms with Crippen molar-refractivity contribution >= 4 is 0 Å². The molecule has 2 heterocycles. The molecule has 4 heteroatoms. The summed E-state index contributed by atoms with van der Waals surface area (Å²) in [6.07, 6.45) is 1.16. The zero-order valence-corrected chi connectivity index (χ0v) is 9.17. The predicted octanol–water partition coefficient (Wildman–Crippen LogP) is 0.857. The van der Waals surface area contributed by atoms with Gasteiger partial charge in [0.2, 0.25) is 0 Å². The second kappa shape index (κ2) is 3.35. The lowest BCUT2D eigenvalue weighted by Crippen LogP contribution is -2.29. The fraction of sp³-hybridized carbons (Fsp3) is 0.800. The molecule has 78 valence electrons. The van der Waals surface area contributed by atoms with Crippen molar-refractivity contribution in [1.82, 2.24) is 20.1 Å². The first-order chi connectivity index (χ1) is 6.67. The number of hydrogen-bond donors (Lipinski definition) is 1.